The molecule has 0 saturated carbocycles. The van der Waals surface area contributed by atoms with Crippen molar-refractivity contribution in [2.45, 2.75) is 38.3 Å². The van der Waals surface area contributed by atoms with Crippen LogP contribution in [0.5, 0.6) is 0 Å². The summed E-state index contributed by atoms with van der Waals surface area (Å²) in [7, 11) is 0. The second kappa shape index (κ2) is 7.04. The van der Waals surface area contributed by atoms with Gasteiger partial charge in [-0.05, 0) is 54.2 Å². The molecule has 1 atom stereocenters. The summed E-state index contributed by atoms with van der Waals surface area (Å²) in [6.07, 6.45) is 5.67. The van der Waals surface area contributed by atoms with Gasteiger partial charge in [-0.25, -0.2) is 0 Å². The number of hydrogen-bond donors (Lipinski definition) is 1. The van der Waals surface area contributed by atoms with Crippen LogP contribution in [0.2, 0.25) is 0 Å². The molecule has 0 bridgehead atoms. The predicted molar refractivity (Wildman–Crippen MR) is 81.4 cm³/mol. The summed E-state index contributed by atoms with van der Waals surface area (Å²) < 4.78 is 2.24. The minimum absolute atomic E-state index is 0.00310. The molecule has 2 heterocycles. The van der Waals surface area contributed by atoms with Gasteiger partial charge < -0.3 is 15.2 Å². The van der Waals surface area contributed by atoms with Gasteiger partial charge in [0, 0.05) is 29.3 Å². The van der Waals surface area contributed by atoms with Crippen molar-refractivity contribution >= 4 is 21.8 Å². The van der Waals surface area contributed by atoms with E-state index >= 15 is 0 Å². The number of carbonyl (C=O) groups is 1. The molecule has 1 saturated heterocycles. The zero-order valence-electron chi connectivity index (χ0n) is 11.4. The second-order valence-electron chi connectivity index (χ2n) is 5.13. The van der Waals surface area contributed by atoms with Gasteiger partial charge in [0.15, 0.2) is 0 Å². The van der Waals surface area contributed by atoms with E-state index in [1.54, 1.807) is 12.3 Å². The monoisotopic (exact) mass is 341 g/mol. The third-order valence-electron chi connectivity index (χ3n) is 3.70. The number of amides is 1. The van der Waals surface area contributed by atoms with Gasteiger partial charge in [0.1, 0.15) is 6.54 Å². The van der Waals surface area contributed by atoms with Crippen molar-refractivity contribution in [3.63, 3.8) is 0 Å². The number of nitrogens with zero attached hydrogens (tertiary/aromatic N) is 2. The van der Waals surface area contributed by atoms with E-state index in [0.717, 1.165) is 36.7 Å². The molecule has 20 heavy (non-hydrogen) atoms. The van der Waals surface area contributed by atoms with Gasteiger partial charge >= 0.3 is 0 Å². The molecule has 2 N–H and O–H groups in total. The average Bonchev–Trinajstić information content (AvgIpc) is 2.44. The SMILES string of the molecule is NCCC1CCCCN1C(=O)Cn1cc(Br)ccc1=O. The highest BCUT2D eigenvalue weighted by Gasteiger charge is 2.26. The lowest BCUT2D eigenvalue weighted by molar-refractivity contribution is -0.135. The molecule has 1 aromatic heterocycles. The summed E-state index contributed by atoms with van der Waals surface area (Å²) in [6.45, 7) is 1.46. The molecule has 1 unspecified atom stereocenters. The first-order valence-corrected chi connectivity index (χ1v) is 7.76. The Morgan fingerprint density at radius 3 is 2.95 bits per heavy atom. The van der Waals surface area contributed by atoms with Gasteiger partial charge in [-0.1, -0.05) is 0 Å². The fourth-order valence-electron chi connectivity index (χ4n) is 2.68. The minimum atomic E-state index is -0.158. The van der Waals surface area contributed by atoms with Crippen molar-refractivity contribution < 1.29 is 4.79 Å². The van der Waals surface area contributed by atoms with Crippen molar-refractivity contribution in [3.05, 3.63) is 33.2 Å². The Hall–Kier alpha value is -1.14. The van der Waals surface area contributed by atoms with E-state index in [9.17, 15) is 9.59 Å². The Bertz CT molecular complexity index is 527. The van der Waals surface area contributed by atoms with E-state index < -0.39 is 0 Å². The van der Waals surface area contributed by atoms with Crippen molar-refractivity contribution in [2.24, 2.45) is 5.73 Å². The van der Waals surface area contributed by atoms with Crippen LogP contribution in [0.3, 0.4) is 0 Å². The lowest BCUT2D eigenvalue weighted by Gasteiger charge is -2.35. The van der Waals surface area contributed by atoms with Crippen molar-refractivity contribution in [1.29, 1.82) is 0 Å². The lowest BCUT2D eigenvalue weighted by Crippen LogP contribution is -2.46. The van der Waals surface area contributed by atoms with Crippen molar-refractivity contribution in [2.75, 3.05) is 13.1 Å². The first kappa shape index (κ1) is 15.3. The van der Waals surface area contributed by atoms with Crippen LogP contribution in [-0.2, 0) is 11.3 Å². The number of halogens is 1. The Morgan fingerprint density at radius 2 is 2.20 bits per heavy atom. The third kappa shape index (κ3) is 3.70. The number of nitrogens with two attached hydrogens (primary N) is 1. The van der Waals surface area contributed by atoms with E-state index in [2.05, 4.69) is 15.9 Å². The maximum Gasteiger partial charge on any atom is 0.251 e. The quantitative estimate of drug-likeness (QED) is 0.898. The summed E-state index contributed by atoms with van der Waals surface area (Å²) in [4.78, 5) is 26.1. The lowest BCUT2D eigenvalue weighted by atomic mass is 9.99. The third-order valence-corrected chi connectivity index (χ3v) is 4.17. The molecule has 0 aromatic carbocycles. The van der Waals surface area contributed by atoms with Crippen LogP contribution in [0, 0.1) is 0 Å². The molecule has 1 fully saturated rings. The zero-order chi connectivity index (χ0) is 14.5. The van der Waals surface area contributed by atoms with Crippen LogP contribution in [0.15, 0.2) is 27.6 Å². The van der Waals surface area contributed by atoms with Crippen LogP contribution in [-0.4, -0.2) is 34.5 Å². The standard InChI is InChI=1S/C14H20BrN3O2/c15-11-4-5-13(19)17(9-11)10-14(20)18-8-2-1-3-12(18)6-7-16/h4-5,9,12H,1-3,6-8,10,16H2. The summed E-state index contributed by atoms with van der Waals surface area (Å²) in [6, 6.07) is 3.37. The number of pyridine rings is 1. The number of piperidine rings is 1. The molecule has 5 nitrogen and oxygen atoms in total. The molecule has 1 aliphatic heterocycles. The molecule has 0 radical (unpaired) electrons. The van der Waals surface area contributed by atoms with Crippen LogP contribution in [0.25, 0.3) is 0 Å². The van der Waals surface area contributed by atoms with Crippen molar-refractivity contribution in [1.82, 2.24) is 9.47 Å². The van der Waals surface area contributed by atoms with Gasteiger partial charge in [-0.15, -0.1) is 0 Å². The van der Waals surface area contributed by atoms with Gasteiger partial charge in [-0.3, -0.25) is 9.59 Å². The minimum Gasteiger partial charge on any atom is -0.338 e. The van der Waals surface area contributed by atoms with Gasteiger partial charge in [0.2, 0.25) is 5.91 Å². The Morgan fingerprint density at radius 1 is 1.40 bits per heavy atom. The molecular formula is C14H20BrN3O2. The normalized spacial score (nSPS) is 19.1. The smallest absolute Gasteiger partial charge is 0.251 e. The average molecular weight is 342 g/mol. The summed E-state index contributed by atoms with van der Waals surface area (Å²) >= 11 is 3.32. The first-order valence-electron chi connectivity index (χ1n) is 6.97. The second-order valence-corrected chi connectivity index (χ2v) is 6.04. The van der Waals surface area contributed by atoms with Crippen molar-refractivity contribution in [3.8, 4) is 0 Å². The Balaban J connectivity index is 2.09. The fraction of sp³-hybridized carbons (Fsp3) is 0.571. The fourth-order valence-corrected chi connectivity index (χ4v) is 3.06. The molecule has 2 rings (SSSR count). The van der Waals surface area contributed by atoms with E-state index in [1.807, 2.05) is 4.90 Å². The van der Waals surface area contributed by atoms with Crippen LogP contribution < -0.4 is 11.3 Å². The van der Waals surface area contributed by atoms with Gasteiger partial charge in [0.05, 0.1) is 0 Å². The van der Waals surface area contributed by atoms with Gasteiger partial charge in [-0.2, -0.15) is 0 Å². The number of likely N-dealkylation sites (tertiary alicyclic amines) is 1. The molecule has 0 spiro atoms. The predicted octanol–water partition coefficient (Wildman–Crippen LogP) is 1.34. The molecule has 1 amide bonds. The molecule has 6 heteroatoms. The topological polar surface area (TPSA) is 68.3 Å². The van der Waals surface area contributed by atoms with Crippen LogP contribution in [0.4, 0.5) is 0 Å². The van der Waals surface area contributed by atoms with Crippen LogP contribution in [0.1, 0.15) is 25.7 Å². The van der Waals surface area contributed by atoms with E-state index in [4.69, 9.17) is 5.73 Å². The summed E-state index contributed by atoms with van der Waals surface area (Å²) in [5.41, 5.74) is 5.46. The number of carbonyl (C=O) groups excluding carboxylic acids is 1. The number of aromatic nitrogens is 1. The molecule has 1 aliphatic rings. The number of hydrogen-bond acceptors (Lipinski definition) is 3. The first-order chi connectivity index (χ1) is 9.61. The molecule has 0 aliphatic carbocycles. The molecular weight excluding hydrogens is 322 g/mol. The largest absolute Gasteiger partial charge is 0.338 e. The molecule has 1 aromatic rings. The maximum atomic E-state index is 12.4. The highest BCUT2D eigenvalue weighted by Crippen LogP contribution is 2.19. The summed E-state index contributed by atoms with van der Waals surface area (Å²) in [5, 5.41) is 0. The van der Waals surface area contributed by atoms with Gasteiger partial charge in [0.25, 0.3) is 5.56 Å². The van der Waals surface area contributed by atoms with Crippen LogP contribution >= 0.6 is 15.9 Å². The Labute approximate surface area is 126 Å². The van der Waals surface area contributed by atoms with E-state index in [0.29, 0.717) is 6.54 Å². The maximum absolute atomic E-state index is 12.4. The van der Waals surface area contributed by atoms with E-state index in [1.165, 1.54) is 10.6 Å². The highest BCUT2D eigenvalue weighted by atomic mass is 79.9. The number of rotatable bonds is 4. The zero-order valence-corrected chi connectivity index (χ0v) is 13.0. The summed E-state index contributed by atoms with van der Waals surface area (Å²) in [5.74, 6) is 0.00310. The van der Waals surface area contributed by atoms with E-state index in [-0.39, 0.29) is 24.1 Å². The highest BCUT2D eigenvalue weighted by molar-refractivity contribution is 9.10. The molecule has 110 valence electrons. The Kier molecular flexibility index (Phi) is 5.37.